The van der Waals surface area contributed by atoms with E-state index in [1.807, 2.05) is 18.4 Å². The summed E-state index contributed by atoms with van der Waals surface area (Å²) in [6.07, 6.45) is 14.4. The van der Waals surface area contributed by atoms with E-state index in [2.05, 4.69) is 41.7 Å². The fourth-order valence-electron chi connectivity index (χ4n) is 3.76. The number of hydrogen-bond donors (Lipinski definition) is 2. The van der Waals surface area contributed by atoms with E-state index in [0.717, 1.165) is 44.5 Å². The van der Waals surface area contributed by atoms with Crippen LogP contribution < -0.4 is 10.6 Å². The van der Waals surface area contributed by atoms with Crippen molar-refractivity contribution < 1.29 is 4.79 Å². The Morgan fingerprint density at radius 1 is 1.30 bits per heavy atom. The van der Waals surface area contributed by atoms with Crippen molar-refractivity contribution in [3.8, 4) is 0 Å². The van der Waals surface area contributed by atoms with Crippen LogP contribution in [-0.2, 0) is 4.79 Å². The summed E-state index contributed by atoms with van der Waals surface area (Å²) in [7, 11) is 0. The van der Waals surface area contributed by atoms with Crippen LogP contribution in [0.4, 0.5) is 0 Å². The van der Waals surface area contributed by atoms with Crippen molar-refractivity contribution >= 4 is 53.1 Å². The fourth-order valence-corrected chi connectivity index (χ4v) is 5.52. The molecule has 0 fully saturated rings. The zero-order valence-electron chi connectivity index (χ0n) is 17.6. The second-order valence-corrected chi connectivity index (χ2v) is 10.1. The number of aliphatic imine (C=N–C) groups is 2. The molecule has 0 saturated heterocycles. The third-order valence-corrected chi connectivity index (χ3v) is 7.22. The molecule has 0 saturated carbocycles. The Morgan fingerprint density at radius 3 is 2.80 bits per heavy atom. The number of alkyl halides is 1. The van der Waals surface area contributed by atoms with Crippen LogP contribution in [0.15, 0.2) is 57.2 Å². The molecule has 7 heteroatoms. The number of halogens is 2. The minimum Gasteiger partial charge on any atom is -0.353 e. The Labute approximate surface area is 194 Å². The maximum atomic E-state index is 11.1. The summed E-state index contributed by atoms with van der Waals surface area (Å²) in [6, 6.07) is 0.0604. The van der Waals surface area contributed by atoms with Crippen molar-refractivity contribution in [1.82, 2.24) is 10.6 Å². The van der Waals surface area contributed by atoms with Crippen molar-refractivity contribution in [2.24, 2.45) is 15.9 Å². The van der Waals surface area contributed by atoms with Gasteiger partial charge in [-0.2, -0.15) is 0 Å². The van der Waals surface area contributed by atoms with E-state index in [9.17, 15) is 4.79 Å². The van der Waals surface area contributed by atoms with Gasteiger partial charge in [0.05, 0.1) is 11.8 Å². The van der Waals surface area contributed by atoms with E-state index >= 15 is 0 Å². The lowest BCUT2D eigenvalue weighted by Crippen LogP contribution is -2.31. The summed E-state index contributed by atoms with van der Waals surface area (Å²) in [5, 5.41) is 7.13. The van der Waals surface area contributed by atoms with Crippen molar-refractivity contribution in [1.29, 1.82) is 0 Å². The zero-order valence-corrected chi connectivity index (χ0v) is 20.5. The molecule has 0 aromatic rings. The van der Waals surface area contributed by atoms with Gasteiger partial charge in [0.2, 0.25) is 5.91 Å². The van der Waals surface area contributed by atoms with Crippen LogP contribution in [-0.4, -0.2) is 51.4 Å². The lowest BCUT2D eigenvalue weighted by Gasteiger charge is -2.25. The van der Waals surface area contributed by atoms with Gasteiger partial charge in [-0.3, -0.25) is 14.8 Å². The Kier molecular flexibility index (Phi) is 9.21. The highest BCUT2D eigenvalue weighted by Gasteiger charge is 2.24. The highest BCUT2D eigenvalue weighted by molar-refractivity contribution is 14.2. The predicted molar refractivity (Wildman–Crippen MR) is 137 cm³/mol. The average Bonchev–Trinajstić information content (AvgIpc) is 2.96. The van der Waals surface area contributed by atoms with E-state index in [4.69, 9.17) is 11.6 Å². The number of nitrogens with one attached hydrogen (secondary N) is 2. The van der Waals surface area contributed by atoms with Gasteiger partial charge in [-0.25, -0.2) is 0 Å². The standard InChI is InChI=1S/C23H30ClIN4O/c1-16(30)27-13-18-5-3-4-17(6-7-18)12-26-14-20(11-25-2)19-10-22-21(28-15-19)8-9-23(24)29-22/h6-9,11,15,20,22,26H,3-5,10,12-14H2,1-2H3,(H,27,30). The molecule has 2 unspecified atom stereocenters. The number of fused-ring (bicyclic) bond motifs is 1. The molecule has 0 aromatic heterocycles. The fraction of sp³-hybridized carbons (Fsp3) is 0.478. The summed E-state index contributed by atoms with van der Waals surface area (Å²) in [6.45, 7) is 4.04. The van der Waals surface area contributed by atoms with E-state index in [-0.39, 0.29) is 32.7 Å². The average molecular weight is 541 g/mol. The van der Waals surface area contributed by atoms with Gasteiger partial charge in [-0.15, -0.1) is 20.7 Å². The lowest BCUT2D eigenvalue weighted by atomic mass is 9.90. The van der Waals surface area contributed by atoms with Gasteiger partial charge in [-0.1, -0.05) is 34.9 Å². The van der Waals surface area contributed by atoms with Crippen molar-refractivity contribution in [3.63, 3.8) is 0 Å². The van der Waals surface area contributed by atoms with Gasteiger partial charge in [0.1, 0.15) is 5.17 Å². The topological polar surface area (TPSA) is 65.8 Å². The van der Waals surface area contributed by atoms with Gasteiger partial charge < -0.3 is 10.6 Å². The SMILES string of the molecule is CI=CC(CNCC1=CC=C(CNC(C)=O)CCC1)C1=CN=C2C=CC(Cl)=NC2C1. The number of carbonyl (C=O) groups is 1. The Balaban J connectivity index is 1.55. The molecule has 30 heavy (non-hydrogen) atoms. The molecular weight excluding hydrogens is 511 g/mol. The molecule has 2 aliphatic heterocycles. The summed E-state index contributed by atoms with van der Waals surface area (Å²) < 4.78 is 2.47. The molecule has 2 N–H and O–H groups in total. The second kappa shape index (κ2) is 11.9. The van der Waals surface area contributed by atoms with Crippen LogP contribution in [0.2, 0.25) is 0 Å². The van der Waals surface area contributed by atoms with Crippen LogP contribution in [0, 0.1) is 5.92 Å². The largest absolute Gasteiger partial charge is 0.353 e. The molecule has 162 valence electrons. The molecule has 0 aromatic carbocycles. The van der Waals surface area contributed by atoms with Crippen LogP contribution in [0.5, 0.6) is 0 Å². The number of dihydropyridines is 1. The van der Waals surface area contributed by atoms with Gasteiger partial charge >= 0.3 is 0 Å². The lowest BCUT2D eigenvalue weighted by molar-refractivity contribution is -0.118. The normalized spacial score (nSPS) is 22.5. The molecule has 0 spiro atoms. The van der Waals surface area contributed by atoms with Crippen LogP contribution in [0.3, 0.4) is 0 Å². The number of carbonyl (C=O) groups excluding carboxylic acids is 1. The highest BCUT2D eigenvalue weighted by atomic mass is 127. The maximum Gasteiger partial charge on any atom is 0.217 e. The highest BCUT2D eigenvalue weighted by Crippen LogP contribution is 2.26. The predicted octanol–water partition coefficient (Wildman–Crippen LogP) is 4.07. The monoisotopic (exact) mass is 540 g/mol. The number of nitrogens with zero attached hydrogens (tertiary/aromatic N) is 2. The van der Waals surface area contributed by atoms with Crippen LogP contribution in [0.25, 0.3) is 0 Å². The number of amides is 1. The molecule has 2 atom stereocenters. The molecule has 0 radical (unpaired) electrons. The van der Waals surface area contributed by atoms with Crippen LogP contribution in [0.1, 0.15) is 32.6 Å². The quantitative estimate of drug-likeness (QED) is 0.360. The Morgan fingerprint density at radius 2 is 2.07 bits per heavy atom. The summed E-state index contributed by atoms with van der Waals surface area (Å²) >= 11 is 6.16. The Hall–Kier alpha value is -1.38. The maximum absolute atomic E-state index is 11.1. The molecule has 1 amide bonds. The minimum atomic E-state index is 0.0257. The van der Waals surface area contributed by atoms with Crippen molar-refractivity contribution in [2.75, 3.05) is 24.6 Å². The van der Waals surface area contributed by atoms with Gasteiger partial charge in [0.25, 0.3) is 0 Å². The molecule has 3 aliphatic rings. The second-order valence-electron chi connectivity index (χ2n) is 7.76. The summed E-state index contributed by atoms with van der Waals surface area (Å²) in [5.41, 5.74) is 5.06. The first-order chi connectivity index (χ1) is 14.5. The minimum absolute atomic E-state index is 0.0257. The first kappa shape index (κ1) is 23.3. The third kappa shape index (κ3) is 7.10. The van der Waals surface area contributed by atoms with Crippen molar-refractivity contribution in [2.45, 2.75) is 38.6 Å². The van der Waals surface area contributed by atoms with E-state index in [1.54, 1.807) is 6.92 Å². The molecule has 5 nitrogen and oxygen atoms in total. The molecular formula is C23H30ClIN4O. The first-order valence-corrected chi connectivity index (χ1v) is 14.1. The number of allylic oxidation sites excluding steroid dienone is 3. The zero-order chi connectivity index (χ0) is 21.3. The van der Waals surface area contributed by atoms with E-state index in [1.165, 1.54) is 16.7 Å². The van der Waals surface area contributed by atoms with Crippen LogP contribution >= 0.6 is 32.3 Å². The first-order valence-electron chi connectivity index (χ1n) is 10.4. The summed E-state index contributed by atoms with van der Waals surface area (Å²) in [5.74, 6) is 0.419. The number of hydrogen-bond acceptors (Lipinski definition) is 4. The van der Waals surface area contributed by atoms with Crippen molar-refractivity contribution in [3.05, 3.63) is 47.2 Å². The van der Waals surface area contributed by atoms with E-state index in [0.29, 0.717) is 17.6 Å². The smallest absolute Gasteiger partial charge is 0.217 e. The van der Waals surface area contributed by atoms with Gasteiger partial charge in [-0.05, 0) is 52.4 Å². The van der Waals surface area contributed by atoms with Gasteiger partial charge in [0, 0.05) is 38.7 Å². The molecule has 2 heterocycles. The molecule has 0 bridgehead atoms. The Bertz CT molecular complexity index is 866. The third-order valence-electron chi connectivity index (χ3n) is 5.41. The molecule has 3 rings (SSSR count). The summed E-state index contributed by atoms with van der Waals surface area (Å²) in [4.78, 5) is 22.6. The van der Waals surface area contributed by atoms with E-state index < -0.39 is 0 Å². The van der Waals surface area contributed by atoms with Gasteiger partial charge in [0.15, 0.2) is 0 Å². The molecule has 1 aliphatic carbocycles. The number of rotatable bonds is 8.